The van der Waals surface area contributed by atoms with Crippen molar-refractivity contribution in [3.63, 3.8) is 0 Å². The molecule has 5 nitrogen and oxygen atoms in total. The Labute approximate surface area is 119 Å². The molecule has 1 saturated heterocycles. The first-order chi connectivity index (χ1) is 9.86. The van der Waals surface area contributed by atoms with Crippen molar-refractivity contribution in [1.29, 1.82) is 0 Å². The zero-order valence-electron chi connectivity index (χ0n) is 11.1. The van der Waals surface area contributed by atoms with Gasteiger partial charge in [-0.15, -0.1) is 0 Å². The van der Waals surface area contributed by atoms with Gasteiger partial charge in [-0.2, -0.15) is 13.2 Å². The fraction of sp³-hybridized carbons (Fsp3) is 0.538. The number of hydrogen-bond acceptors (Lipinski definition) is 4. The lowest BCUT2D eigenvalue weighted by Gasteiger charge is -2.22. The zero-order valence-corrected chi connectivity index (χ0v) is 11.1. The highest BCUT2D eigenvalue weighted by Crippen LogP contribution is 2.30. The molecule has 0 bridgehead atoms. The molecule has 1 unspecified atom stereocenters. The van der Waals surface area contributed by atoms with E-state index in [9.17, 15) is 18.0 Å². The summed E-state index contributed by atoms with van der Waals surface area (Å²) in [7, 11) is 0. The van der Waals surface area contributed by atoms with Crippen molar-refractivity contribution in [1.82, 2.24) is 10.3 Å². The van der Waals surface area contributed by atoms with Crippen LogP contribution < -0.4 is 10.1 Å². The zero-order chi connectivity index (χ0) is 15.5. The van der Waals surface area contributed by atoms with Crippen LogP contribution in [-0.2, 0) is 6.18 Å². The molecule has 1 fully saturated rings. The number of ether oxygens (including phenoxy) is 1. The summed E-state index contributed by atoms with van der Waals surface area (Å²) >= 11 is 0. The molecule has 1 aromatic rings. The van der Waals surface area contributed by atoms with E-state index in [0.29, 0.717) is 6.07 Å². The molecule has 0 amide bonds. The first kappa shape index (κ1) is 15.6. The van der Waals surface area contributed by atoms with Gasteiger partial charge in [-0.25, -0.2) is 9.78 Å². The molecule has 1 atom stereocenters. The Hall–Kier alpha value is -1.83. The lowest BCUT2D eigenvalue weighted by molar-refractivity contribution is -0.141. The summed E-state index contributed by atoms with van der Waals surface area (Å²) in [6, 6.07) is 1.51. The average Bonchev–Trinajstić information content (AvgIpc) is 2.45. The number of pyridine rings is 1. The summed E-state index contributed by atoms with van der Waals surface area (Å²) < 4.78 is 43.3. The van der Waals surface area contributed by atoms with Crippen LogP contribution in [0.5, 0.6) is 5.88 Å². The highest BCUT2D eigenvalue weighted by atomic mass is 19.4. The van der Waals surface area contributed by atoms with E-state index < -0.39 is 23.4 Å². The van der Waals surface area contributed by atoms with E-state index in [-0.39, 0.29) is 18.4 Å². The molecule has 116 valence electrons. The van der Waals surface area contributed by atoms with Crippen LogP contribution in [0.4, 0.5) is 13.2 Å². The normalized spacial score (nSPS) is 19.3. The molecule has 0 aliphatic carbocycles. The maximum absolute atomic E-state index is 12.7. The van der Waals surface area contributed by atoms with Gasteiger partial charge in [0.25, 0.3) is 0 Å². The van der Waals surface area contributed by atoms with E-state index in [1.54, 1.807) is 0 Å². The van der Waals surface area contributed by atoms with E-state index >= 15 is 0 Å². The summed E-state index contributed by atoms with van der Waals surface area (Å²) in [5.41, 5.74) is -1.76. The number of alkyl halides is 3. The number of nitrogens with one attached hydrogen (secondary N) is 1. The summed E-state index contributed by atoms with van der Waals surface area (Å²) in [5, 5.41) is 12.0. The summed E-state index contributed by atoms with van der Waals surface area (Å²) in [4.78, 5) is 14.2. The van der Waals surface area contributed by atoms with Crippen molar-refractivity contribution in [2.45, 2.75) is 19.0 Å². The molecule has 0 saturated carbocycles. The number of aromatic carboxylic acids is 1. The monoisotopic (exact) mass is 304 g/mol. The molecule has 2 rings (SSSR count). The van der Waals surface area contributed by atoms with Gasteiger partial charge in [-0.1, -0.05) is 0 Å². The van der Waals surface area contributed by atoms with Gasteiger partial charge in [0.1, 0.15) is 5.69 Å². The smallest absolute Gasteiger partial charge is 0.433 e. The molecular formula is C13H15F3N2O3. The van der Waals surface area contributed by atoms with Crippen molar-refractivity contribution >= 4 is 5.97 Å². The van der Waals surface area contributed by atoms with Crippen LogP contribution in [0.2, 0.25) is 0 Å². The minimum atomic E-state index is -4.71. The number of carbonyl (C=O) groups is 1. The Bertz CT molecular complexity index is 514. The molecule has 0 spiro atoms. The van der Waals surface area contributed by atoms with Crippen molar-refractivity contribution in [3.8, 4) is 5.88 Å². The highest BCUT2D eigenvalue weighted by molar-refractivity contribution is 5.88. The Morgan fingerprint density at radius 3 is 2.81 bits per heavy atom. The molecule has 2 heterocycles. The van der Waals surface area contributed by atoms with Gasteiger partial charge in [-0.3, -0.25) is 0 Å². The maximum Gasteiger partial charge on any atom is 0.433 e. The van der Waals surface area contributed by atoms with Gasteiger partial charge in [0.15, 0.2) is 0 Å². The maximum atomic E-state index is 12.7. The fourth-order valence-electron chi connectivity index (χ4n) is 2.12. The number of hydrogen-bond donors (Lipinski definition) is 2. The second-order valence-corrected chi connectivity index (χ2v) is 4.91. The molecule has 2 N–H and O–H groups in total. The first-order valence-electron chi connectivity index (χ1n) is 6.52. The van der Waals surface area contributed by atoms with Gasteiger partial charge in [0, 0.05) is 18.5 Å². The Morgan fingerprint density at radius 2 is 2.24 bits per heavy atom. The van der Waals surface area contributed by atoms with Gasteiger partial charge >= 0.3 is 12.1 Å². The molecule has 1 aromatic heterocycles. The van der Waals surface area contributed by atoms with Crippen molar-refractivity contribution in [2.24, 2.45) is 5.92 Å². The molecule has 0 radical (unpaired) electrons. The summed E-state index contributed by atoms with van der Waals surface area (Å²) in [5.74, 6) is -1.58. The fourth-order valence-corrected chi connectivity index (χ4v) is 2.12. The molecule has 0 aromatic carbocycles. The van der Waals surface area contributed by atoms with Crippen LogP contribution in [0.3, 0.4) is 0 Å². The van der Waals surface area contributed by atoms with E-state index in [1.807, 2.05) is 0 Å². The number of piperidine rings is 1. The van der Waals surface area contributed by atoms with Gasteiger partial charge in [0.2, 0.25) is 5.88 Å². The highest BCUT2D eigenvalue weighted by Gasteiger charge is 2.34. The number of carboxylic acid groups (broad SMARTS) is 1. The number of nitrogens with zero attached hydrogens (tertiary/aromatic N) is 1. The molecular weight excluding hydrogens is 289 g/mol. The predicted octanol–water partition coefficient (Wildman–Crippen LogP) is 2.18. The Kier molecular flexibility index (Phi) is 4.66. The van der Waals surface area contributed by atoms with E-state index in [0.717, 1.165) is 32.0 Å². The van der Waals surface area contributed by atoms with E-state index in [2.05, 4.69) is 10.3 Å². The third-order valence-corrected chi connectivity index (χ3v) is 3.21. The van der Waals surface area contributed by atoms with Crippen LogP contribution in [0.15, 0.2) is 12.1 Å². The third-order valence-electron chi connectivity index (χ3n) is 3.21. The predicted molar refractivity (Wildman–Crippen MR) is 67.3 cm³/mol. The van der Waals surface area contributed by atoms with Crippen LogP contribution in [0.25, 0.3) is 0 Å². The lowest BCUT2D eigenvalue weighted by atomic mass is 10.0. The Balaban J connectivity index is 2.13. The van der Waals surface area contributed by atoms with Crippen molar-refractivity contribution in [3.05, 3.63) is 23.4 Å². The molecule has 8 heteroatoms. The quantitative estimate of drug-likeness (QED) is 0.892. The summed E-state index contributed by atoms with van der Waals surface area (Å²) in [6.45, 7) is 1.85. The standard InChI is InChI=1S/C13H15F3N2O3/c14-13(15,16)10-4-9(12(19)20)5-11(18-10)21-7-8-2-1-3-17-6-8/h4-5,8,17H,1-3,6-7H2,(H,19,20). The van der Waals surface area contributed by atoms with Crippen LogP contribution in [0, 0.1) is 5.92 Å². The largest absolute Gasteiger partial charge is 0.478 e. The minimum absolute atomic E-state index is 0.184. The molecule has 21 heavy (non-hydrogen) atoms. The van der Waals surface area contributed by atoms with Gasteiger partial charge < -0.3 is 15.2 Å². The number of halogens is 3. The number of aromatic nitrogens is 1. The molecule has 1 aliphatic heterocycles. The second kappa shape index (κ2) is 6.30. The van der Waals surface area contributed by atoms with Crippen LogP contribution >= 0.6 is 0 Å². The summed E-state index contributed by atoms with van der Waals surface area (Å²) in [6.07, 6.45) is -2.82. The average molecular weight is 304 g/mol. The Morgan fingerprint density at radius 1 is 1.48 bits per heavy atom. The first-order valence-corrected chi connectivity index (χ1v) is 6.52. The third kappa shape index (κ3) is 4.32. The van der Waals surface area contributed by atoms with Gasteiger partial charge in [-0.05, 0) is 25.5 Å². The number of rotatable bonds is 4. The van der Waals surface area contributed by atoms with E-state index in [1.165, 1.54) is 0 Å². The topological polar surface area (TPSA) is 71.5 Å². The lowest BCUT2D eigenvalue weighted by Crippen LogP contribution is -2.33. The van der Waals surface area contributed by atoms with Crippen LogP contribution in [0.1, 0.15) is 28.9 Å². The minimum Gasteiger partial charge on any atom is -0.478 e. The molecule has 1 aliphatic rings. The SMILES string of the molecule is O=C(O)c1cc(OCC2CCCNC2)nc(C(F)(F)F)c1. The second-order valence-electron chi connectivity index (χ2n) is 4.91. The van der Waals surface area contributed by atoms with Crippen molar-refractivity contribution in [2.75, 3.05) is 19.7 Å². The van der Waals surface area contributed by atoms with Crippen molar-refractivity contribution < 1.29 is 27.8 Å². The van der Waals surface area contributed by atoms with Crippen LogP contribution in [-0.4, -0.2) is 35.8 Å². The number of carboxylic acids is 1. The van der Waals surface area contributed by atoms with E-state index in [4.69, 9.17) is 9.84 Å². The van der Waals surface area contributed by atoms with Gasteiger partial charge in [0.05, 0.1) is 12.2 Å².